The van der Waals surface area contributed by atoms with E-state index in [9.17, 15) is 9.59 Å². The highest BCUT2D eigenvalue weighted by atomic mass is 35.5. The third-order valence-corrected chi connectivity index (χ3v) is 3.63. The summed E-state index contributed by atoms with van der Waals surface area (Å²) in [5, 5.41) is 0.617. The Bertz CT molecular complexity index is 841. The molecule has 6 heteroatoms. The summed E-state index contributed by atoms with van der Waals surface area (Å²) in [6, 6.07) is 11.7. The highest BCUT2D eigenvalue weighted by molar-refractivity contribution is 6.30. The first-order valence-electron chi connectivity index (χ1n) is 7.17. The smallest absolute Gasteiger partial charge is 0.414 e. The molecule has 0 aromatic heterocycles. The zero-order valence-electron chi connectivity index (χ0n) is 13.1. The summed E-state index contributed by atoms with van der Waals surface area (Å²) in [4.78, 5) is 25.3. The molecule has 0 aliphatic carbocycles. The summed E-state index contributed by atoms with van der Waals surface area (Å²) in [7, 11) is 3.17. The molecule has 1 aliphatic heterocycles. The van der Waals surface area contributed by atoms with E-state index in [1.54, 1.807) is 56.6 Å². The Morgan fingerprint density at radius 1 is 1.17 bits per heavy atom. The van der Waals surface area contributed by atoms with Crippen LogP contribution in [0.25, 0.3) is 6.08 Å². The summed E-state index contributed by atoms with van der Waals surface area (Å²) in [6.07, 6.45) is 1.14. The number of ether oxygens (including phenoxy) is 2. The van der Waals surface area contributed by atoms with Gasteiger partial charge in [-0.1, -0.05) is 23.7 Å². The number of carbonyl (C=O) groups is 2. The van der Waals surface area contributed by atoms with Crippen LogP contribution in [0.1, 0.15) is 15.9 Å². The fraction of sp³-hybridized carbons (Fsp3) is 0.111. The predicted octanol–water partition coefficient (Wildman–Crippen LogP) is 4.02. The SMILES string of the molecule is CN(C)C(=O)Oc1ccc2c(c1)O/C(=C/c1ccc(Cl)cc1)C2=O. The lowest BCUT2D eigenvalue weighted by atomic mass is 10.1. The molecule has 0 spiro atoms. The van der Waals surface area contributed by atoms with Crippen molar-refractivity contribution in [3.05, 3.63) is 64.4 Å². The molecule has 0 atom stereocenters. The normalized spacial score (nSPS) is 14.3. The minimum Gasteiger partial charge on any atom is -0.452 e. The first kappa shape index (κ1) is 16.1. The largest absolute Gasteiger partial charge is 0.452 e. The van der Waals surface area contributed by atoms with Crippen LogP contribution < -0.4 is 9.47 Å². The molecule has 1 aliphatic rings. The minimum atomic E-state index is -0.504. The molecule has 122 valence electrons. The Morgan fingerprint density at radius 2 is 1.88 bits per heavy atom. The highest BCUT2D eigenvalue weighted by Crippen LogP contribution is 2.35. The van der Waals surface area contributed by atoms with E-state index in [1.807, 2.05) is 0 Å². The summed E-state index contributed by atoms with van der Waals surface area (Å²) >= 11 is 5.85. The van der Waals surface area contributed by atoms with Crippen LogP contribution in [0.5, 0.6) is 11.5 Å². The van der Waals surface area contributed by atoms with Crippen LogP contribution in [0.2, 0.25) is 5.02 Å². The standard InChI is InChI=1S/C18H14ClNO4/c1-20(2)18(22)23-13-7-8-14-15(10-13)24-16(17(14)21)9-11-3-5-12(19)6-4-11/h3-10H,1-2H3/b16-9+. The number of fused-ring (bicyclic) bond motifs is 1. The summed E-state index contributed by atoms with van der Waals surface area (Å²) in [6.45, 7) is 0. The third-order valence-electron chi connectivity index (χ3n) is 3.38. The van der Waals surface area contributed by atoms with Gasteiger partial charge in [0, 0.05) is 25.2 Å². The zero-order valence-corrected chi connectivity index (χ0v) is 13.8. The van der Waals surface area contributed by atoms with Crippen LogP contribution >= 0.6 is 11.6 Å². The van der Waals surface area contributed by atoms with E-state index < -0.39 is 6.09 Å². The highest BCUT2D eigenvalue weighted by Gasteiger charge is 2.28. The van der Waals surface area contributed by atoms with E-state index in [-0.39, 0.29) is 11.5 Å². The number of halogens is 1. The van der Waals surface area contributed by atoms with Crippen LogP contribution in [0.15, 0.2) is 48.2 Å². The van der Waals surface area contributed by atoms with Crippen molar-refractivity contribution in [2.75, 3.05) is 14.1 Å². The fourth-order valence-corrected chi connectivity index (χ4v) is 2.26. The Morgan fingerprint density at radius 3 is 2.54 bits per heavy atom. The summed E-state index contributed by atoms with van der Waals surface area (Å²) in [5.41, 5.74) is 1.23. The molecule has 0 saturated heterocycles. The van der Waals surface area contributed by atoms with Gasteiger partial charge in [-0.15, -0.1) is 0 Å². The molecular weight excluding hydrogens is 330 g/mol. The molecule has 0 radical (unpaired) electrons. The molecule has 1 heterocycles. The second kappa shape index (κ2) is 6.37. The molecule has 5 nitrogen and oxygen atoms in total. The molecule has 0 saturated carbocycles. The zero-order chi connectivity index (χ0) is 17.3. The molecule has 2 aromatic carbocycles. The van der Waals surface area contributed by atoms with Crippen molar-refractivity contribution in [2.45, 2.75) is 0 Å². The van der Waals surface area contributed by atoms with Gasteiger partial charge in [0.05, 0.1) is 5.56 Å². The molecule has 2 aromatic rings. The number of amides is 1. The van der Waals surface area contributed by atoms with E-state index in [0.717, 1.165) is 5.56 Å². The molecule has 24 heavy (non-hydrogen) atoms. The Kier molecular flexibility index (Phi) is 4.27. The number of benzene rings is 2. The van der Waals surface area contributed by atoms with Crippen LogP contribution in [0.3, 0.4) is 0 Å². The van der Waals surface area contributed by atoms with Crippen molar-refractivity contribution in [3.8, 4) is 11.5 Å². The lowest BCUT2D eigenvalue weighted by molar-refractivity contribution is 0.101. The van der Waals surface area contributed by atoms with E-state index in [4.69, 9.17) is 21.1 Å². The average Bonchev–Trinajstić information content (AvgIpc) is 2.85. The van der Waals surface area contributed by atoms with Gasteiger partial charge >= 0.3 is 6.09 Å². The van der Waals surface area contributed by atoms with Crippen molar-refractivity contribution >= 4 is 29.6 Å². The Hall–Kier alpha value is -2.79. The van der Waals surface area contributed by atoms with Crippen LogP contribution in [0.4, 0.5) is 4.79 Å². The van der Waals surface area contributed by atoms with Gasteiger partial charge in [0.25, 0.3) is 0 Å². The number of hydrogen-bond donors (Lipinski definition) is 0. The quantitative estimate of drug-likeness (QED) is 0.773. The molecule has 0 unspecified atom stereocenters. The van der Waals surface area contributed by atoms with Gasteiger partial charge in [0.1, 0.15) is 11.5 Å². The van der Waals surface area contributed by atoms with Gasteiger partial charge in [-0.25, -0.2) is 4.79 Å². The van der Waals surface area contributed by atoms with Crippen molar-refractivity contribution in [1.82, 2.24) is 4.90 Å². The first-order chi connectivity index (χ1) is 11.4. The summed E-state index contributed by atoms with van der Waals surface area (Å²) in [5.74, 6) is 0.672. The fourth-order valence-electron chi connectivity index (χ4n) is 2.13. The number of allylic oxidation sites excluding steroid dienone is 1. The molecule has 0 fully saturated rings. The molecule has 0 bridgehead atoms. The number of carbonyl (C=O) groups excluding carboxylic acids is 2. The number of hydrogen-bond acceptors (Lipinski definition) is 4. The number of Topliss-reactive ketones (excluding diaryl/α,β-unsaturated/α-hetero) is 1. The van der Waals surface area contributed by atoms with Crippen LogP contribution in [-0.4, -0.2) is 30.9 Å². The van der Waals surface area contributed by atoms with Crippen LogP contribution in [0, 0.1) is 0 Å². The summed E-state index contributed by atoms with van der Waals surface area (Å²) < 4.78 is 10.8. The van der Waals surface area contributed by atoms with Crippen molar-refractivity contribution in [2.24, 2.45) is 0 Å². The second-order valence-corrected chi connectivity index (χ2v) is 5.85. The molecular formula is C18H14ClNO4. The lowest BCUT2D eigenvalue weighted by Gasteiger charge is -2.10. The topological polar surface area (TPSA) is 55.8 Å². The maximum Gasteiger partial charge on any atom is 0.414 e. The van der Waals surface area contributed by atoms with Gasteiger partial charge < -0.3 is 14.4 Å². The van der Waals surface area contributed by atoms with E-state index in [2.05, 4.69) is 0 Å². The number of nitrogens with zero attached hydrogens (tertiary/aromatic N) is 1. The average molecular weight is 344 g/mol. The number of ketones is 1. The van der Waals surface area contributed by atoms with Gasteiger partial charge in [0.2, 0.25) is 5.78 Å². The van der Waals surface area contributed by atoms with E-state index in [1.165, 1.54) is 11.0 Å². The van der Waals surface area contributed by atoms with E-state index in [0.29, 0.717) is 22.1 Å². The molecule has 0 N–H and O–H groups in total. The Labute approximate surface area is 144 Å². The molecule has 3 rings (SSSR count). The predicted molar refractivity (Wildman–Crippen MR) is 90.5 cm³/mol. The third kappa shape index (κ3) is 3.26. The van der Waals surface area contributed by atoms with Crippen molar-refractivity contribution < 1.29 is 19.1 Å². The monoisotopic (exact) mass is 343 g/mol. The lowest BCUT2D eigenvalue weighted by Crippen LogP contribution is -2.25. The number of rotatable bonds is 2. The first-order valence-corrected chi connectivity index (χ1v) is 7.55. The van der Waals surface area contributed by atoms with Gasteiger partial charge in [-0.05, 0) is 35.9 Å². The minimum absolute atomic E-state index is 0.211. The maximum absolute atomic E-state index is 12.4. The van der Waals surface area contributed by atoms with Gasteiger partial charge in [-0.3, -0.25) is 4.79 Å². The maximum atomic E-state index is 12.4. The molecule has 1 amide bonds. The van der Waals surface area contributed by atoms with Crippen molar-refractivity contribution in [3.63, 3.8) is 0 Å². The van der Waals surface area contributed by atoms with Crippen molar-refractivity contribution in [1.29, 1.82) is 0 Å². The van der Waals surface area contributed by atoms with Crippen LogP contribution in [-0.2, 0) is 0 Å². The van der Waals surface area contributed by atoms with Gasteiger partial charge in [0.15, 0.2) is 5.76 Å². The second-order valence-electron chi connectivity index (χ2n) is 5.41. The van der Waals surface area contributed by atoms with E-state index >= 15 is 0 Å². The Balaban J connectivity index is 1.84. The van der Waals surface area contributed by atoms with Gasteiger partial charge in [-0.2, -0.15) is 0 Å².